The Bertz CT molecular complexity index is 652. The van der Waals surface area contributed by atoms with Crippen LogP contribution in [0.15, 0.2) is 51.9 Å². The molecule has 1 aromatic carbocycles. The number of ether oxygens (including phenoxy) is 1. The molecule has 0 bridgehead atoms. The minimum absolute atomic E-state index is 0.103. The molecule has 110 valence electrons. The SMILES string of the molecule is C=C(NNC(=O)COc1cccc(Br)c1)c1ccc(C)o1. The number of hydrogen-bond acceptors (Lipinski definition) is 4. The summed E-state index contributed by atoms with van der Waals surface area (Å²) in [5, 5.41) is 0. The summed E-state index contributed by atoms with van der Waals surface area (Å²) in [5.74, 6) is 1.64. The topological polar surface area (TPSA) is 63.5 Å². The van der Waals surface area contributed by atoms with Crippen LogP contribution in [0.2, 0.25) is 0 Å². The lowest BCUT2D eigenvalue weighted by Crippen LogP contribution is -2.38. The van der Waals surface area contributed by atoms with Gasteiger partial charge in [-0.2, -0.15) is 0 Å². The highest BCUT2D eigenvalue weighted by Crippen LogP contribution is 2.17. The van der Waals surface area contributed by atoms with Crippen molar-refractivity contribution in [3.63, 3.8) is 0 Å². The van der Waals surface area contributed by atoms with Gasteiger partial charge in [-0.15, -0.1) is 0 Å². The van der Waals surface area contributed by atoms with Crippen molar-refractivity contribution >= 4 is 27.5 Å². The number of hydrazine groups is 1. The molecule has 0 radical (unpaired) electrons. The molecule has 0 aliphatic rings. The maximum atomic E-state index is 11.7. The Morgan fingerprint density at radius 1 is 1.33 bits per heavy atom. The van der Waals surface area contributed by atoms with Gasteiger partial charge >= 0.3 is 0 Å². The zero-order chi connectivity index (χ0) is 15.2. The van der Waals surface area contributed by atoms with Crippen LogP contribution in [-0.2, 0) is 4.79 Å². The molecule has 0 spiro atoms. The van der Waals surface area contributed by atoms with E-state index in [4.69, 9.17) is 9.15 Å². The second-order valence-corrected chi connectivity index (χ2v) is 5.22. The predicted octanol–water partition coefficient (Wildman–Crippen LogP) is 3.02. The first kappa shape index (κ1) is 15.2. The molecule has 1 amide bonds. The number of rotatable bonds is 6. The number of furan rings is 1. The average molecular weight is 351 g/mol. The van der Waals surface area contributed by atoms with E-state index in [0.717, 1.165) is 10.2 Å². The van der Waals surface area contributed by atoms with Crippen molar-refractivity contribution in [2.24, 2.45) is 0 Å². The van der Waals surface area contributed by atoms with Crippen LogP contribution in [0, 0.1) is 6.92 Å². The van der Waals surface area contributed by atoms with Crippen LogP contribution in [0.4, 0.5) is 0 Å². The third kappa shape index (κ3) is 4.68. The lowest BCUT2D eigenvalue weighted by molar-refractivity contribution is -0.123. The van der Waals surface area contributed by atoms with Gasteiger partial charge in [0.1, 0.15) is 11.5 Å². The van der Waals surface area contributed by atoms with Gasteiger partial charge in [0.2, 0.25) is 0 Å². The van der Waals surface area contributed by atoms with Gasteiger partial charge < -0.3 is 9.15 Å². The summed E-state index contributed by atoms with van der Waals surface area (Å²) in [4.78, 5) is 11.7. The van der Waals surface area contributed by atoms with Gasteiger partial charge in [0.25, 0.3) is 5.91 Å². The van der Waals surface area contributed by atoms with Crippen molar-refractivity contribution in [1.82, 2.24) is 10.9 Å². The molecule has 2 N–H and O–H groups in total. The first-order valence-electron chi connectivity index (χ1n) is 6.23. The van der Waals surface area contributed by atoms with Crippen LogP contribution in [0.25, 0.3) is 5.70 Å². The molecule has 0 atom stereocenters. The molecule has 0 aliphatic heterocycles. The molecular weight excluding hydrogens is 336 g/mol. The summed E-state index contributed by atoms with van der Waals surface area (Å²) in [7, 11) is 0. The summed E-state index contributed by atoms with van der Waals surface area (Å²) >= 11 is 3.33. The molecule has 1 aromatic heterocycles. The van der Waals surface area contributed by atoms with Gasteiger partial charge in [0.05, 0.1) is 5.70 Å². The number of hydrogen-bond donors (Lipinski definition) is 2. The molecule has 0 aliphatic carbocycles. The summed E-state index contributed by atoms with van der Waals surface area (Å²) in [6.45, 7) is 5.50. The minimum Gasteiger partial charge on any atom is -0.484 e. The van der Waals surface area contributed by atoms with Crippen LogP contribution in [-0.4, -0.2) is 12.5 Å². The summed E-state index contributed by atoms with van der Waals surface area (Å²) < 4.78 is 11.6. The summed E-state index contributed by atoms with van der Waals surface area (Å²) in [6, 6.07) is 10.9. The summed E-state index contributed by atoms with van der Waals surface area (Å²) in [6.07, 6.45) is 0. The van der Waals surface area contributed by atoms with Crippen LogP contribution in [0.1, 0.15) is 11.5 Å². The van der Waals surface area contributed by atoms with Gasteiger partial charge in [-0.1, -0.05) is 28.6 Å². The first-order chi connectivity index (χ1) is 10.0. The zero-order valence-electron chi connectivity index (χ0n) is 11.5. The first-order valence-corrected chi connectivity index (χ1v) is 7.03. The van der Waals surface area contributed by atoms with E-state index in [1.54, 1.807) is 18.2 Å². The van der Waals surface area contributed by atoms with Gasteiger partial charge in [-0.25, -0.2) is 0 Å². The normalized spacial score (nSPS) is 10.0. The van der Waals surface area contributed by atoms with Crippen LogP contribution >= 0.6 is 15.9 Å². The van der Waals surface area contributed by atoms with E-state index in [-0.39, 0.29) is 12.5 Å². The van der Waals surface area contributed by atoms with Crippen molar-refractivity contribution in [2.45, 2.75) is 6.92 Å². The van der Waals surface area contributed by atoms with Gasteiger partial charge in [0.15, 0.2) is 12.4 Å². The third-order valence-electron chi connectivity index (χ3n) is 2.56. The van der Waals surface area contributed by atoms with E-state index in [1.807, 2.05) is 25.1 Å². The fourth-order valence-corrected chi connectivity index (χ4v) is 1.92. The summed E-state index contributed by atoms with van der Waals surface area (Å²) in [5.41, 5.74) is 5.64. The largest absolute Gasteiger partial charge is 0.484 e. The van der Waals surface area contributed by atoms with E-state index in [1.165, 1.54) is 0 Å². The van der Waals surface area contributed by atoms with Crippen molar-refractivity contribution in [3.8, 4) is 5.75 Å². The number of nitrogens with one attached hydrogen (secondary N) is 2. The smallest absolute Gasteiger partial charge is 0.276 e. The Morgan fingerprint density at radius 2 is 2.14 bits per heavy atom. The lowest BCUT2D eigenvalue weighted by Gasteiger charge is -2.10. The molecule has 1 heterocycles. The fraction of sp³-hybridized carbons (Fsp3) is 0.133. The predicted molar refractivity (Wildman–Crippen MR) is 83.4 cm³/mol. The maximum absolute atomic E-state index is 11.7. The average Bonchev–Trinajstić information content (AvgIpc) is 2.89. The number of carbonyl (C=O) groups is 1. The second-order valence-electron chi connectivity index (χ2n) is 4.31. The second kappa shape index (κ2) is 6.99. The number of carbonyl (C=O) groups excluding carboxylic acids is 1. The number of benzene rings is 1. The Balaban J connectivity index is 1.76. The Morgan fingerprint density at radius 3 is 2.81 bits per heavy atom. The molecule has 0 fully saturated rings. The third-order valence-corrected chi connectivity index (χ3v) is 3.05. The van der Waals surface area contributed by atoms with Gasteiger partial charge in [-0.3, -0.25) is 15.6 Å². The van der Waals surface area contributed by atoms with Crippen LogP contribution in [0.3, 0.4) is 0 Å². The molecule has 6 heteroatoms. The molecule has 0 saturated heterocycles. The molecule has 0 saturated carbocycles. The molecule has 21 heavy (non-hydrogen) atoms. The number of aryl methyl sites for hydroxylation is 1. The maximum Gasteiger partial charge on any atom is 0.276 e. The quantitative estimate of drug-likeness (QED) is 0.786. The monoisotopic (exact) mass is 350 g/mol. The molecule has 5 nitrogen and oxygen atoms in total. The van der Waals surface area contributed by atoms with Gasteiger partial charge in [-0.05, 0) is 37.3 Å². The van der Waals surface area contributed by atoms with E-state index in [2.05, 4.69) is 33.4 Å². The highest BCUT2D eigenvalue weighted by molar-refractivity contribution is 9.10. The number of halogens is 1. The molecule has 2 aromatic rings. The Hall–Kier alpha value is -2.21. The van der Waals surface area contributed by atoms with Crippen molar-refractivity contribution in [2.75, 3.05) is 6.61 Å². The molecule has 0 unspecified atom stereocenters. The van der Waals surface area contributed by atoms with Gasteiger partial charge in [0, 0.05) is 4.47 Å². The fourth-order valence-electron chi connectivity index (χ4n) is 1.55. The highest BCUT2D eigenvalue weighted by Gasteiger charge is 2.06. The van der Waals surface area contributed by atoms with Crippen LogP contribution < -0.4 is 15.6 Å². The van der Waals surface area contributed by atoms with Crippen molar-refractivity contribution in [1.29, 1.82) is 0 Å². The van der Waals surface area contributed by atoms with E-state index < -0.39 is 0 Å². The Kier molecular flexibility index (Phi) is 5.05. The van der Waals surface area contributed by atoms with E-state index in [9.17, 15) is 4.79 Å². The molecular formula is C15H15BrN2O3. The standard InChI is InChI=1S/C15H15BrN2O3/c1-10-6-7-14(21-10)11(2)17-18-15(19)9-20-13-5-3-4-12(16)8-13/h3-8,17H,2,9H2,1H3,(H,18,19). The van der Waals surface area contributed by atoms with Crippen LogP contribution in [0.5, 0.6) is 5.75 Å². The van der Waals surface area contributed by atoms with E-state index in [0.29, 0.717) is 17.2 Å². The van der Waals surface area contributed by atoms with Crippen molar-refractivity contribution in [3.05, 3.63) is 59.0 Å². The number of amides is 1. The van der Waals surface area contributed by atoms with E-state index >= 15 is 0 Å². The molecule has 2 rings (SSSR count). The van der Waals surface area contributed by atoms with Crippen molar-refractivity contribution < 1.29 is 13.9 Å². The Labute approximate surface area is 131 Å². The lowest BCUT2D eigenvalue weighted by atomic mass is 10.3. The highest BCUT2D eigenvalue weighted by atomic mass is 79.9. The minimum atomic E-state index is -0.320. The zero-order valence-corrected chi connectivity index (χ0v) is 13.1.